The van der Waals surface area contributed by atoms with Crippen LogP contribution in [0.1, 0.15) is 0 Å². The van der Waals surface area contributed by atoms with Gasteiger partial charge in [0.1, 0.15) is 0 Å². The van der Waals surface area contributed by atoms with Gasteiger partial charge in [0.15, 0.2) is 12.3 Å². The van der Waals surface area contributed by atoms with Crippen molar-refractivity contribution in [3.63, 3.8) is 0 Å². The van der Waals surface area contributed by atoms with Crippen molar-refractivity contribution in [1.82, 2.24) is 4.57 Å². The molecule has 1 fully saturated rings. The first-order chi connectivity index (χ1) is 11.3. The van der Waals surface area contributed by atoms with E-state index in [-0.39, 0.29) is 0 Å². The van der Waals surface area contributed by atoms with Crippen molar-refractivity contribution in [2.24, 2.45) is 0 Å². The van der Waals surface area contributed by atoms with Crippen LogP contribution >= 0.6 is 12.2 Å². The van der Waals surface area contributed by atoms with Gasteiger partial charge in [-0.05, 0) is 36.5 Å². The van der Waals surface area contributed by atoms with Crippen molar-refractivity contribution in [3.05, 3.63) is 59.4 Å². The van der Waals surface area contributed by atoms with Crippen molar-refractivity contribution in [2.45, 2.75) is 6.67 Å². The lowest BCUT2D eigenvalue weighted by molar-refractivity contribution is -0.923. The van der Waals surface area contributed by atoms with Crippen molar-refractivity contribution in [2.75, 3.05) is 31.1 Å². The molecule has 1 saturated heterocycles. The quantitative estimate of drug-likeness (QED) is 0.748. The minimum Gasteiger partial charge on any atom is -0.429 e. The van der Waals surface area contributed by atoms with Gasteiger partial charge in [0.25, 0.3) is 4.84 Å². The molecule has 1 N–H and O–H groups in total. The molecular formula is C18H20N3OS+. The number of quaternary nitrogens is 1. The predicted octanol–water partition coefficient (Wildman–Crippen LogP) is 2.33. The van der Waals surface area contributed by atoms with Gasteiger partial charge in [-0.2, -0.15) is 0 Å². The fraction of sp³-hybridized carbons (Fsp3) is 0.278. The van der Waals surface area contributed by atoms with Crippen molar-refractivity contribution in [3.8, 4) is 0 Å². The third-order valence-corrected chi connectivity index (χ3v) is 4.85. The van der Waals surface area contributed by atoms with Gasteiger partial charge in [0.05, 0.1) is 31.7 Å². The molecule has 118 valence electrons. The molecule has 1 aromatic heterocycles. The van der Waals surface area contributed by atoms with E-state index in [0.29, 0.717) is 4.84 Å². The van der Waals surface area contributed by atoms with E-state index in [4.69, 9.17) is 16.6 Å². The summed E-state index contributed by atoms with van der Waals surface area (Å²) in [7, 11) is 0. The van der Waals surface area contributed by atoms with E-state index >= 15 is 0 Å². The minimum absolute atomic E-state index is 0.573. The zero-order valence-electron chi connectivity index (χ0n) is 12.9. The summed E-state index contributed by atoms with van der Waals surface area (Å²) in [6, 6.07) is 18.7. The number of aromatic nitrogens is 1. The number of oxazole rings is 1. The maximum absolute atomic E-state index is 5.69. The summed E-state index contributed by atoms with van der Waals surface area (Å²) in [6.07, 6.45) is 0. The summed E-state index contributed by atoms with van der Waals surface area (Å²) in [5, 5.41) is 0. The molecule has 0 spiro atoms. The highest BCUT2D eigenvalue weighted by Gasteiger charge is 2.21. The van der Waals surface area contributed by atoms with E-state index in [1.165, 1.54) is 5.69 Å². The Labute approximate surface area is 140 Å². The largest absolute Gasteiger partial charge is 0.429 e. The Morgan fingerprint density at radius 3 is 2.43 bits per heavy atom. The molecule has 2 heterocycles. The molecule has 3 aromatic rings. The molecule has 1 aliphatic heterocycles. The highest BCUT2D eigenvalue weighted by molar-refractivity contribution is 7.71. The molecule has 5 heteroatoms. The van der Waals surface area contributed by atoms with Gasteiger partial charge >= 0.3 is 0 Å². The fourth-order valence-corrected chi connectivity index (χ4v) is 3.52. The topological polar surface area (TPSA) is 25.8 Å². The highest BCUT2D eigenvalue weighted by atomic mass is 32.1. The second-order valence-corrected chi connectivity index (χ2v) is 6.34. The first-order valence-corrected chi connectivity index (χ1v) is 8.44. The third kappa shape index (κ3) is 2.90. The predicted molar refractivity (Wildman–Crippen MR) is 94.4 cm³/mol. The van der Waals surface area contributed by atoms with Crippen LogP contribution in [0.3, 0.4) is 0 Å². The van der Waals surface area contributed by atoms with Crippen LogP contribution in [0.15, 0.2) is 59.0 Å². The Hall–Kier alpha value is -2.11. The van der Waals surface area contributed by atoms with E-state index in [9.17, 15) is 0 Å². The minimum atomic E-state index is 0.573. The number of hydrogen-bond donors (Lipinski definition) is 1. The van der Waals surface area contributed by atoms with Gasteiger partial charge in [-0.3, -0.25) is 4.57 Å². The van der Waals surface area contributed by atoms with E-state index in [1.807, 2.05) is 18.2 Å². The Morgan fingerprint density at radius 2 is 1.65 bits per heavy atom. The molecule has 4 rings (SSSR count). The zero-order chi connectivity index (χ0) is 15.6. The van der Waals surface area contributed by atoms with Crippen molar-refractivity contribution < 1.29 is 9.32 Å². The summed E-state index contributed by atoms with van der Waals surface area (Å²) in [4.78, 5) is 4.57. The first kappa shape index (κ1) is 14.5. The molecule has 0 unspecified atom stereocenters. The van der Waals surface area contributed by atoms with Gasteiger partial charge in [-0.1, -0.05) is 30.3 Å². The van der Waals surface area contributed by atoms with E-state index in [2.05, 4.69) is 45.9 Å². The van der Waals surface area contributed by atoms with Crippen molar-refractivity contribution >= 4 is 29.0 Å². The fourth-order valence-electron chi connectivity index (χ4n) is 3.27. The van der Waals surface area contributed by atoms with E-state index < -0.39 is 0 Å². The van der Waals surface area contributed by atoms with Gasteiger partial charge < -0.3 is 14.2 Å². The van der Waals surface area contributed by atoms with Crippen LogP contribution < -0.4 is 9.80 Å². The molecule has 2 aromatic carbocycles. The molecule has 0 aliphatic carbocycles. The number of para-hydroxylation sites is 3. The molecule has 0 amide bonds. The molecule has 4 nitrogen and oxygen atoms in total. The van der Waals surface area contributed by atoms with E-state index in [1.54, 1.807) is 4.90 Å². The lowest BCUT2D eigenvalue weighted by Crippen LogP contribution is -3.14. The maximum Gasteiger partial charge on any atom is 0.274 e. The summed E-state index contributed by atoms with van der Waals surface area (Å²) in [5.74, 6) is 0. The number of rotatable bonds is 3. The SMILES string of the molecule is S=c1oc2ccccc2n1C[NH+]1CCN(c2ccccc2)CC1. The molecule has 0 saturated carbocycles. The third-order valence-electron chi connectivity index (χ3n) is 4.55. The van der Waals surface area contributed by atoms with Crippen LogP contribution in [0, 0.1) is 4.84 Å². The average molecular weight is 326 g/mol. The molecule has 1 aliphatic rings. The lowest BCUT2D eigenvalue weighted by Gasteiger charge is -2.33. The Bertz CT molecular complexity index is 847. The molecule has 0 atom stereocenters. The van der Waals surface area contributed by atoms with Gasteiger partial charge in [-0.25, -0.2) is 0 Å². The first-order valence-electron chi connectivity index (χ1n) is 8.03. The Balaban J connectivity index is 1.47. The maximum atomic E-state index is 5.69. The number of nitrogens with one attached hydrogen (secondary N) is 1. The standard InChI is InChI=1S/C18H19N3OS/c23-18-21(16-8-4-5-9-17(16)22-18)14-19-10-12-20(13-11-19)15-6-2-1-3-7-15/h1-9H,10-14H2/p+1. The lowest BCUT2D eigenvalue weighted by atomic mass is 10.2. The highest BCUT2D eigenvalue weighted by Crippen LogP contribution is 2.16. The van der Waals surface area contributed by atoms with Crippen LogP contribution in [0.2, 0.25) is 0 Å². The smallest absolute Gasteiger partial charge is 0.274 e. The molecule has 23 heavy (non-hydrogen) atoms. The second-order valence-electron chi connectivity index (χ2n) is 5.99. The molecule has 0 radical (unpaired) electrons. The normalized spacial score (nSPS) is 16.1. The monoisotopic (exact) mass is 326 g/mol. The van der Waals surface area contributed by atoms with Crippen LogP contribution in [0.4, 0.5) is 5.69 Å². The van der Waals surface area contributed by atoms with Gasteiger partial charge in [0.2, 0.25) is 0 Å². The number of piperazine rings is 1. The summed E-state index contributed by atoms with van der Waals surface area (Å²) in [6.45, 7) is 5.23. The van der Waals surface area contributed by atoms with Gasteiger partial charge in [-0.15, -0.1) is 0 Å². The summed E-state index contributed by atoms with van der Waals surface area (Å²) >= 11 is 5.39. The number of benzene rings is 2. The number of fused-ring (bicyclic) bond motifs is 1. The second kappa shape index (κ2) is 6.18. The molecule has 0 bridgehead atoms. The molecular weight excluding hydrogens is 306 g/mol. The zero-order valence-corrected chi connectivity index (χ0v) is 13.8. The Morgan fingerprint density at radius 1 is 0.957 bits per heavy atom. The summed E-state index contributed by atoms with van der Waals surface area (Å²) in [5.41, 5.74) is 3.28. The van der Waals surface area contributed by atoms with Crippen LogP contribution in [0.5, 0.6) is 0 Å². The Kier molecular flexibility index (Phi) is 3.89. The number of anilines is 1. The average Bonchev–Trinajstić information content (AvgIpc) is 2.92. The van der Waals surface area contributed by atoms with Crippen LogP contribution in [-0.4, -0.2) is 30.7 Å². The van der Waals surface area contributed by atoms with Crippen molar-refractivity contribution in [1.29, 1.82) is 0 Å². The number of hydrogen-bond acceptors (Lipinski definition) is 3. The van der Waals surface area contributed by atoms with Crippen LogP contribution in [0.25, 0.3) is 11.1 Å². The summed E-state index contributed by atoms with van der Waals surface area (Å²) < 4.78 is 7.81. The van der Waals surface area contributed by atoms with Gasteiger partial charge in [0, 0.05) is 5.69 Å². The van der Waals surface area contributed by atoms with Crippen LogP contribution in [-0.2, 0) is 6.67 Å². The van der Waals surface area contributed by atoms with E-state index in [0.717, 1.165) is 43.9 Å². The number of nitrogens with zero attached hydrogens (tertiary/aromatic N) is 2.